The summed E-state index contributed by atoms with van der Waals surface area (Å²) in [7, 11) is -3.36. The lowest BCUT2D eigenvalue weighted by atomic mass is 9.95. The van der Waals surface area contributed by atoms with E-state index in [4.69, 9.17) is 5.26 Å². The van der Waals surface area contributed by atoms with Gasteiger partial charge < -0.3 is 5.11 Å². The molecule has 18 heavy (non-hydrogen) atoms. The average molecular weight is 274 g/mol. The molecule has 0 bridgehead atoms. The first-order chi connectivity index (χ1) is 8.47. The molecule has 0 radical (unpaired) electrons. The summed E-state index contributed by atoms with van der Waals surface area (Å²) in [5.41, 5.74) is -0.890. The maximum absolute atomic E-state index is 11.6. The van der Waals surface area contributed by atoms with E-state index in [1.54, 1.807) is 0 Å². The number of unbranched alkanes of at least 4 members (excludes halogenated alkanes) is 1. The first kappa shape index (κ1) is 15.4. The van der Waals surface area contributed by atoms with Crippen molar-refractivity contribution in [3.05, 3.63) is 0 Å². The van der Waals surface area contributed by atoms with Crippen molar-refractivity contribution < 1.29 is 13.5 Å². The van der Waals surface area contributed by atoms with Crippen molar-refractivity contribution in [1.29, 1.82) is 5.26 Å². The minimum absolute atomic E-state index is 0.0450. The molecule has 2 N–H and O–H groups in total. The molecule has 1 saturated carbocycles. The van der Waals surface area contributed by atoms with Gasteiger partial charge in [-0.1, -0.05) is 25.7 Å². The molecule has 6 heteroatoms. The fourth-order valence-electron chi connectivity index (χ4n) is 2.22. The zero-order valence-corrected chi connectivity index (χ0v) is 11.5. The van der Waals surface area contributed by atoms with E-state index in [0.717, 1.165) is 25.7 Å². The van der Waals surface area contributed by atoms with E-state index in [9.17, 15) is 13.5 Å². The van der Waals surface area contributed by atoms with Crippen molar-refractivity contribution in [3.63, 3.8) is 0 Å². The molecule has 0 unspecified atom stereocenters. The molecular weight excluding hydrogens is 252 g/mol. The van der Waals surface area contributed by atoms with Crippen LogP contribution in [0.4, 0.5) is 0 Å². The Morgan fingerprint density at radius 1 is 1.22 bits per heavy atom. The number of hydrogen-bond donors (Lipinski definition) is 2. The van der Waals surface area contributed by atoms with Crippen molar-refractivity contribution in [2.24, 2.45) is 0 Å². The molecule has 0 saturated heterocycles. The first-order valence-corrected chi connectivity index (χ1v) is 8.19. The molecule has 1 aliphatic rings. The van der Waals surface area contributed by atoms with Gasteiger partial charge in [0.2, 0.25) is 10.0 Å². The molecule has 0 aromatic carbocycles. The number of nitriles is 1. The molecule has 0 atom stereocenters. The smallest absolute Gasteiger partial charge is 0.211 e. The van der Waals surface area contributed by atoms with E-state index >= 15 is 0 Å². The number of sulfonamides is 1. The largest absolute Gasteiger partial charge is 0.389 e. The monoisotopic (exact) mass is 274 g/mol. The first-order valence-electron chi connectivity index (χ1n) is 6.54. The normalized spacial score (nSPS) is 20.0. The standard InChI is InChI=1S/C12H22N2O3S/c13-9-5-6-10-18(16,17)14-11-12(15)7-3-1-2-4-8-12/h14-15H,1-8,10-11H2. The third-order valence-electron chi connectivity index (χ3n) is 3.36. The second kappa shape index (κ2) is 7.07. The van der Waals surface area contributed by atoms with Gasteiger partial charge in [0.1, 0.15) is 0 Å². The van der Waals surface area contributed by atoms with Crippen molar-refractivity contribution in [1.82, 2.24) is 4.72 Å². The fourth-order valence-corrected chi connectivity index (χ4v) is 3.38. The van der Waals surface area contributed by atoms with Crippen molar-refractivity contribution >= 4 is 10.0 Å². The topological polar surface area (TPSA) is 90.2 Å². The summed E-state index contributed by atoms with van der Waals surface area (Å²) in [6.07, 6.45) is 6.02. The summed E-state index contributed by atoms with van der Waals surface area (Å²) < 4.78 is 25.8. The van der Waals surface area contributed by atoms with E-state index in [0.29, 0.717) is 19.3 Å². The molecule has 0 spiro atoms. The maximum atomic E-state index is 11.6. The number of hydrogen-bond acceptors (Lipinski definition) is 4. The lowest BCUT2D eigenvalue weighted by Crippen LogP contribution is -2.43. The van der Waals surface area contributed by atoms with Crippen LogP contribution < -0.4 is 4.72 Å². The molecular formula is C12H22N2O3S. The van der Waals surface area contributed by atoms with Crippen LogP contribution in [0.5, 0.6) is 0 Å². The minimum Gasteiger partial charge on any atom is -0.389 e. The third-order valence-corrected chi connectivity index (χ3v) is 4.77. The van der Waals surface area contributed by atoms with Crippen LogP contribution >= 0.6 is 0 Å². The number of rotatable bonds is 6. The van der Waals surface area contributed by atoms with Gasteiger partial charge in [0.25, 0.3) is 0 Å². The van der Waals surface area contributed by atoms with Crippen LogP contribution in [0.1, 0.15) is 51.4 Å². The molecule has 5 nitrogen and oxygen atoms in total. The Morgan fingerprint density at radius 2 is 1.83 bits per heavy atom. The Hall–Kier alpha value is -0.640. The summed E-state index contributed by atoms with van der Waals surface area (Å²) in [5, 5.41) is 18.7. The predicted octanol–water partition coefficient (Wildman–Crippen LogP) is 1.29. The number of nitrogens with zero attached hydrogens (tertiary/aromatic N) is 1. The van der Waals surface area contributed by atoms with Crippen LogP contribution in [0.25, 0.3) is 0 Å². The van der Waals surface area contributed by atoms with Crippen LogP contribution in [0.15, 0.2) is 0 Å². The molecule has 0 aromatic rings. The highest BCUT2D eigenvalue weighted by atomic mass is 32.2. The maximum Gasteiger partial charge on any atom is 0.211 e. The van der Waals surface area contributed by atoms with E-state index in [-0.39, 0.29) is 18.7 Å². The molecule has 0 aromatic heterocycles. The highest BCUT2D eigenvalue weighted by Crippen LogP contribution is 2.26. The van der Waals surface area contributed by atoms with E-state index in [2.05, 4.69) is 4.72 Å². The predicted molar refractivity (Wildman–Crippen MR) is 69.3 cm³/mol. The Balaban J connectivity index is 2.40. The Labute approximate surface area is 109 Å². The molecule has 0 amide bonds. The molecule has 1 rings (SSSR count). The van der Waals surface area contributed by atoms with Crippen LogP contribution in [-0.2, 0) is 10.0 Å². The molecule has 0 aliphatic heterocycles. The Bertz CT molecular complexity index is 379. The van der Waals surface area contributed by atoms with Crippen LogP contribution in [0, 0.1) is 11.3 Å². The second-order valence-electron chi connectivity index (χ2n) is 5.04. The minimum atomic E-state index is -3.36. The fraction of sp³-hybridized carbons (Fsp3) is 0.917. The lowest BCUT2D eigenvalue weighted by molar-refractivity contribution is 0.0303. The van der Waals surface area contributed by atoms with Crippen LogP contribution in [-0.4, -0.2) is 31.4 Å². The summed E-state index contributed by atoms with van der Waals surface area (Å²) in [4.78, 5) is 0. The average Bonchev–Trinajstić information content (AvgIpc) is 2.53. The highest BCUT2D eigenvalue weighted by molar-refractivity contribution is 7.89. The van der Waals surface area contributed by atoms with E-state index in [1.165, 1.54) is 0 Å². The van der Waals surface area contributed by atoms with Gasteiger partial charge in [-0.25, -0.2) is 13.1 Å². The molecule has 0 heterocycles. The highest BCUT2D eigenvalue weighted by Gasteiger charge is 2.29. The van der Waals surface area contributed by atoms with Crippen LogP contribution in [0.3, 0.4) is 0 Å². The molecule has 1 fully saturated rings. The summed E-state index contributed by atoms with van der Waals surface area (Å²) in [6.45, 7) is 0.0991. The zero-order valence-electron chi connectivity index (χ0n) is 10.7. The molecule has 104 valence electrons. The van der Waals surface area contributed by atoms with Crippen molar-refractivity contribution in [2.45, 2.75) is 57.0 Å². The van der Waals surface area contributed by atoms with Crippen molar-refractivity contribution in [2.75, 3.05) is 12.3 Å². The van der Waals surface area contributed by atoms with Gasteiger partial charge in [-0.15, -0.1) is 0 Å². The van der Waals surface area contributed by atoms with Gasteiger partial charge in [-0.3, -0.25) is 0 Å². The van der Waals surface area contributed by atoms with Gasteiger partial charge in [0, 0.05) is 13.0 Å². The van der Waals surface area contributed by atoms with Gasteiger partial charge in [-0.2, -0.15) is 5.26 Å². The Morgan fingerprint density at radius 3 is 2.39 bits per heavy atom. The van der Waals surface area contributed by atoms with Gasteiger partial charge in [-0.05, 0) is 19.3 Å². The summed E-state index contributed by atoms with van der Waals surface area (Å²) in [5.74, 6) is -0.0450. The number of nitrogens with one attached hydrogen (secondary N) is 1. The number of aliphatic hydroxyl groups is 1. The summed E-state index contributed by atoms with van der Waals surface area (Å²) in [6, 6.07) is 1.92. The SMILES string of the molecule is N#CCCCS(=O)(=O)NCC1(O)CCCCCC1. The second-order valence-corrected chi connectivity index (χ2v) is 6.97. The van der Waals surface area contributed by atoms with E-state index in [1.807, 2.05) is 6.07 Å². The quantitative estimate of drug-likeness (QED) is 0.564. The van der Waals surface area contributed by atoms with E-state index < -0.39 is 15.6 Å². The zero-order chi connectivity index (χ0) is 13.5. The van der Waals surface area contributed by atoms with Gasteiger partial charge in [0.15, 0.2) is 0 Å². The van der Waals surface area contributed by atoms with Crippen molar-refractivity contribution in [3.8, 4) is 6.07 Å². The van der Waals surface area contributed by atoms with Crippen LogP contribution in [0.2, 0.25) is 0 Å². The van der Waals surface area contributed by atoms with Gasteiger partial charge >= 0.3 is 0 Å². The summed E-state index contributed by atoms with van der Waals surface area (Å²) >= 11 is 0. The molecule has 1 aliphatic carbocycles. The third kappa shape index (κ3) is 5.80. The van der Waals surface area contributed by atoms with Gasteiger partial charge in [0.05, 0.1) is 17.4 Å². The Kier molecular flexibility index (Phi) is 6.06. The lowest BCUT2D eigenvalue weighted by Gasteiger charge is -2.26.